The van der Waals surface area contributed by atoms with Crippen molar-refractivity contribution in [1.82, 2.24) is 9.97 Å². The standard InChI is InChI=1S/C16H29N5/c1-10-8-6-7-9-12(10)18-13-11(2)14(21-17)20-15(19-13)16(3,4)5/h10,12H,6-9,17H2,1-5H3,(H2,18,19,20,21). The first-order valence-corrected chi connectivity index (χ1v) is 7.95. The molecule has 2 rings (SSSR count). The lowest BCUT2D eigenvalue weighted by atomic mass is 9.86. The van der Waals surface area contributed by atoms with Gasteiger partial charge in [0.2, 0.25) is 0 Å². The Morgan fingerprint density at radius 2 is 1.71 bits per heavy atom. The Morgan fingerprint density at radius 3 is 2.29 bits per heavy atom. The van der Waals surface area contributed by atoms with E-state index in [9.17, 15) is 0 Å². The first kappa shape index (κ1) is 16.0. The SMILES string of the molecule is Cc1c(NN)nc(C(C)(C)C)nc1NC1CCCCC1C. The maximum Gasteiger partial charge on any atom is 0.148 e. The second-order valence-corrected chi connectivity index (χ2v) is 7.28. The summed E-state index contributed by atoms with van der Waals surface area (Å²) in [7, 11) is 0. The fourth-order valence-corrected chi connectivity index (χ4v) is 2.84. The average molecular weight is 291 g/mol. The van der Waals surface area contributed by atoms with E-state index in [1.165, 1.54) is 25.7 Å². The first-order chi connectivity index (χ1) is 9.82. The fraction of sp³-hybridized carbons (Fsp3) is 0.750. The van der Waals surface area contributed by atoms with E-state index in [0.717, 1.165) is 17.2 Å². The molecule has 2 atom stereocenters. The van der Waals surface area contributed by atoms with Crippen LogP contribution in [0.5, 0.6) is 0 Å². The Hall–Kier alpha value is -1.36. The summed E-state index contributed by atoms with van der Waals surface area (Å²) in [5.74, 6) is 8.74. The van der Waals surface area contributed by atoms with Crippen LogP contribution in [0, 0.1) is 12.8 Å². The van der Waals surface area contributed by atoms with Gasteiger partial charge in [-0.1, -0.05) is 40.5 Å². The number of hydrogen-bond acceptors (Lipinski definition) is 5. The van der Waals surface area contributed by atoms with Crippen LogP contribution in [0.15, 0.2) is 0 Å². The van der Waals surface area contributed by atoms with E-state index in [4.69, 9.17) is 10.8 Å². The zero-order chi connectivity index (χ0) is 15.6. The Bertz CT molecular complexity index is 492. The minimum Gasteiger partial charge on any atom is -0.367 e. The molecule has 1 aromatic rings. The summed E-state index contributed by atoms with van der Waals surface area (Å²) in [5.41, 5.74) is 3.59. The monoisotopic (exact) mass is 291 g/mol. The van der Waals surface area contributed by atoms with Crippen LogP contribution in [0.4, 0.5) is 11.6 Å². The van der Waals surface area contributed by atoms with Crippen LogP contribution >= 0.6 is 0 Å². The summed E-state index contributed by atoms with van der Waals surface area (Å²) in [5, 5.41) is 3.64. The van der Waals surface area contributed by atoms with E-state index in [1.54, 1.807) is 0 Å². The Labute approximate surface area is 128 Å². The highest BCUT2D eigenvalue weighted by atomic mass is 15.3. The van der Waals surface area contributed by atoms with E-state index in [0.29, 0.717) is 17.8 Å². The van der Waals surface area contributed by atoms with Gasteiger partial charge < -0.3 is 10.7 Å². The molecular weight excluding hydrogens is 262 g/mol. The van der Waals surface area contributed by atoms with Gasteiger partial charge in [-0.2, -0.15) is 0 Å². The number of aromatic nitrogens is 2. The van der Waals surface area contributed by atoms with E-state index in [1.807, 2.05) is 6.92 Å². The van der Waals surface area contributed by atoms with Crippen molar-refractivity contribution >= 4 is 11.6 Å². The maximum absolute atomic E-state index is 5.62. The van der Waals surface area contributed by atoms with Crippen LogP contribution in [-0.2, 0) is 5.41 Å². The third-order valence-electron chi connectivity index (χ3n) is 4.39. The maximum atomic E-state index is 5.62. The van der Waals surface area contributed by atoms with Gasteiger partial charge in [0.05, 0.1) is 0 Å². The van der Waals surface area contributed by atoms with Gasteiger partial charge in [0, 0.05) is 17.0 Å². The summed E-state index contributed by atoms with van der Waals surface area (Å²) in [6, 6.07) is 0.491. The van der Waals surface area contributed by atoms with Crippen molar-refractivity contribution in [3.05, 3.63) is 11.4 Å². The van der Waals surface area contributed by atoms with Gasteiger partial charge in [-0.15, -0.1) is 0 Å². The summed E-state index contributed by atoms with van der Waals surface area (Å²) < 4.78 is 0. The number of nitrogens with one attached hydrogen (secondary N) is 2. The Kier molecular flexibility index (Phi) is 4.71. The highest BCUT2D eigenvalue weighted by Gasteiger charge is 2.25. The van der Waals surface area contributed by atoms with Crippen LogP contribution in [0.2, 0.25) is 0 Å². The molecule has 0 aliphatic heterocycles. The number of rotatable bonds is 3. The van der Waals surface area contributed by atoms with Gasteiger partial charge in [0.25, 0.3) is 0 Å². The second kappa shape index (κ2) is 6.18. The van der Waals surface area contributed by atoms with Crippen molar-refractivity contribution < 1.29 is 0 Å². The highest BCUT2D eigenvalue weighted by molar-refractivity contribution is 5.57. The van der Waals surface area contributed by atoms with E-state index >= 15 is 0 Å². The van der Waals surface area contributed by atoms with Gasteiger partial charge >= 0.3 is 0 Å². The fourth-order valence-electron chi connectivity index (χ4n) is 2.84. The van der Waals surface area contributed by atoms with Crippen LogP contribution < -0.4 is 16.6 Å². The highest BCUT2D eigenvalue weighted by Crippen LogP contribution is 2.30. The molecule has 1 aliphatic carbocycles. The molecule has 0 spiro atoms. The summed E-state index contributed by atoms with van der Waals surface area (Å²) >= 11 is 0. The van der Waals surface area contributed by atoms with Crippen molar-refractivity contribution in [3.8, 4) is 0 Å². The second-order valence-electron chi connectivity index (χ2n) is 7.28. The Balaban J connectivity index is 2.33. The van der Waals surface area contributed by atoms with Crippen molar-refractivity contribution in [3.63, 3.8) is 0 Å². The molecule has 4 N–H and O–H groups in total. The molecule has 5 nitrogen and oxygen atoms in total. The molecule has 118 valence electrons. The molecule has 1 heterocycles. The molecule has 0 aromatic carbocycles. The largest absolute Gasteiger partial charge is 0.367 e. The molecule has 21 heavy (non-hydrogen) atoms. The molecular formula is C16H29N5. The van der Waals surface area contributed by atoms with Gasteiger partial charge in [-0.05, 0) is 25.7 Å². The molecule has 2 unspecified atom stereocenters. The number of hydrogen-bond donors (Lipinski definition) is 3. The van der Waals surface area contributed by atoms with Crippen molar-refractivity contribution in [2.75, 3.05) is 10.7 Å². The van der Waals surface area contributed by atoms with E-state index < -0.39 is 0 Å². The van der Waals surface area contributed by atoms with Crippen LogP contribution in [0.25, 0.3) is 0 Å². The normalized spacial score (nSPS) is 23.0. The molecule has 1 aromatic heterocycles. The zero-order valence-corrected chi connectivity index (χ0v) is 14.0. The van der Waals surface area contributed by atoms with Crippen molar-refractivity contribution in [2.24, 2.45) is 11.8 Å². The third-order valence-corrected chi connectivity index (χ3v) is 4.39. The van der Waals surface area contributed by atoms with Gasteiger partial charge in [0.1, 0.15) is 17.5 Å². The molecule has 0 saturated heterocycles. The third kappa shape index (κ3) is 3.64. The lowest BCUT2D eigenvalue weighted by molar-refractivity contribution is 0.348. The van der Waals surface area contributed by atoms with Crippen LogP contribution in [0.1, 0.15) is 64.8 Å². The number of hydrazine groups is 1. The van der Waals surface area contributed by atoms with Gasteiger partial charge in [-0.3, -0.25) is 0 Å². The number of nitrogen functional groups attached to an aromatic ring is 1. The summed E-state index contributed by atoms with van der Waals surface area (Å²) in [6.07, 6.45) is 5.13. The van der Waals surface area contributed by atoms with Gasteiger partial charge in [-0.25, -0.2) is 15.8 Å². The zero-order valence-electron chi connectivity index (χ0n) is 14.0. The van der Waals surface area contributed by atoms with Gasteiger partial charge in [0.15, 0.2) is 0 Å². The molecule has 0 radical (unpaired) electrons. The van der Waals surface area contributed by atoms with Crippen molar-refractivity contribution in [1.29, 1.82) is 0 Å². The average Bonchev–Trinajstić information content (AvgIpc) is 2.42. The van der Waals surface area contributed by atoms with E-state index in [2.05, 4.69) is 43.4 Å². The lowest BCUT2D eigenvalue weighted by Crippen LogP contribution is -2.32. The molecule has 0 bridgehead atoms. The smallest absolute Gasteiger partial charge is 0.148 e. The molecule has 1 fully saturated rings. The minimum absolute atomic E-state index is 0.103. The molecule has 5 heteroatoms. The summed E-state index contributed by atoms with van der Waals surface area (Å²) in [6.45, 7) is 10.7. The minimum atomic E-state index is -0.103. The summed E-state index contributed by atoms with van der Waals surface area (Å²) in [4.78, 5) is 9.31. The Morgan fingerprint density at radius 1 is 1.10 bits per heavy atom. The van der Waals surface area contributed by atoms with Crippen LogP contribution in [-0.4, -0.2) is 16.0 Å². The van der Waals surface area contributed by atoms with Crippen LogP contribution in [0.3, 0.4) is 0 Å². The first-order valence-electron chi connectivity index (χ1n) is 7.95. The topological polar surface area (TPSA) is 75.9 Å². The number of nitrogens with two attached hydrogens (primary N) is 1. The van der Waals surface area contributed by atoms with Crippen molar-refractivity contribution in [2.45, 2.75) is 71.8 Å². The molecule has 1 aliphatic rings. The number of nitrogens with zero attached hydrogens (tertiary/aromatic N) is 2. The number of anilines is 2. The molecule has 1 saturated carbocycles. The lowest BCUT2D eigenvalue weighted by Gasteiger charge is -2.31. The van der Waals surface area contributed by atoms with E-state index in [-0.39, 0.29) is 5.41 Å². The quantitative estimate of drug-likeness (QED) is 0.588. The predicted molar refractivity (Wildman–Crippen MR) is 88.3 cm³/mol. The molecule has 0 amide bonds. The predicted octanol–water partition coefficient (Wildman–Crippen LogP) is 3.36.